The standard InChI is InChI=1S/C18H22BrNO/c1-4-18(15-7-11-17(21-3)12-8-15)20-13(2)14-5-9-16(19)10-6-14/h5-13,18,20H,4H2,1-3H3. The van der Waals surface area contributed by atoms with Crippen LogP contribution in [-0.2, 0) is 0 Å². The van der Waals surface area contributed by atoms with E-state index in [-0.39, 0.29) is 0 Å². The van der Waals surface area contributed by atoms with Crippen LogP contribution in [0.1, 0.15) is 43.5 Å². The third-order valence-corrected chi connectivity index (χ3v) is 4.28. The molecule has 1 N–H and O–H groups in total. The molecule has 2 unspecified atom stereocenters. The smallest absolute Gasteiger partial charge is 0.118 e. The predicted molar refractivity (Wildman–Crippen MR) is 91.7 cm³/mol. The fourth-order valence-corrected chi connectivity index (χ4v) is 2.70. The lowest BCUT2D eigenvalue weighted by molar-refractivity contribution is 0.413. The minimum absolute atomic E-state index is 0.310. The molecule has 3 heteroatoms. The minimum atomic E-state index is 0.310. The maximum Gasteiger partial charge on any atom is 0.118 e. The van der Waals surface area contributed by atoms with E-state index in [1.807, 2.05) is 12.1 Å². The molecule has 0 amide bonds. The van der Waals surface area contributed by atoms with Gasteiger partial charge in [0.25, 0.3) is 0 Å². The quantitative estimate of drug-likeness (QED) is 0.769. The maximum absolute atomic E-state index is 5.22. The molecule has 2 atom stereocenters. The highest BCUT2D eigenvalue weighted by Crippen LogP contribution is 2.24. The van der Waals surface area contributed by atoms with Gasteiger partial charge in [-0.3, -0.25) is 0 Å². The first-order chi connectivity index (χ1) is 10.1. The number of nitrogens with one attached hydrogen (secondary N) is 1. The number of ether oxygens (including phenoxy) is 1. The molecule has 0 heterocycles. The van der Waals surface area contributed by atoms with Crippen LogP contribution in [0.25, 0.3) is 0 Å². The van der Waals surface area contributed by atoms with Gasteiger partial charge in [0.15, 0.2) is 0 Å². The molecule has 0 saturated heterocycles. The minimum Gasteiger partial charge on any atom is -0.497 e. The number of rotatable bonds is 6. The fourth-order valence-electron chi connectivity index (χ4n) is 2.44. The van der Waals surface area contributed by atoms with Gasteiger partial charge in [0.2, 0.25) is 0 Å². The normalized spacial score (nSPS) is 13.7. The van der Waals surface area contributed by atoms with Crippen LogP contribution in [0.15, 0.2) is 53.0 Å². The molecule has 2 nitrogen and oxygen atoms in total. The van der Waals surface area contributed by atoms with Crippen molar-refractivity contribution in [2.45, 2.75) is 32.4 Å². The summed E-state index contributed by atoms with van der Waals surface area (Å²) in [5.74, 6) is 0.898. The lowest BCUT2D eigenvalue weighted by Gasteiger charge is -2.23. The van der Waals surface area contributed by atoms with Crippen molar-refractivity contribution >= 4 is 15.9 Å². The van der Waals surface area contributed by atoms with E-state index in [9.17, 15) is 0 Å². The Morgan fingerprint density at radius 2 is 1.57 bits per heavy atom. The molecule has 0 fully saturated rings. The molecule has 2 aromatic rings. The monoisotopic (exact) mass is 347 g/mol. The highest BCUT2D eigenvalue weighted by Gasteiger charge is 2.13. The van der Waals surface area contributed by atoms with Crippen LogP contribution in [0.3, 0.4) is 0 Å². The van der Waals surface area contributed by atoms with Crippen molar-refractivity contribution in [2.24, 2.45) is 0 Å². The highest BCUT2D eigenvalue weighted by molar-refractivity contribution is 9.10. The number of hydrogen-bond donors (Lipinski definition) is 1. The molecule has 2 rings (SSSR count). The van der Waals surface area contributed by atoms with Crippen LogP contribution in [-0.4, -0.2) is 7.11 Å². The summed E-state index contributed by atoms with van der Waals surface area (Å²) in [6, 6.07) is 17.4. The number of methoxy groups -OCH3 is 1. The molecule has 21 heavy (non-hydrogen) atoms. The Morgan fingerprint density at radius 1 is 1.00 bits per heavy atom. The Kier molecular flexibility index (Phi) is 5.83. The van der Waals surface area contributed by atoms with E-state index in [1.165, 1.54) is 11.1 Å². The van der Waals surface area contributed by atoms with E-state index in [2.05, 4.69) is 71.5 Å². The van der Waals surface area contributed by atoms with E-state index < -0.39 is 0 Å². The van der Waals surface area contributed by atoms with Crippen molar-refractivity contribution in [3.8, 4) is 5.75 Å². The second-order valence-corrected chi connectivity index (χ2v) is 6.09. The van der Waals surface area contributed by atoms with Gasteiger partial charge in [-0.05, 0) is 48.7 Å². The summed E-state index contributed by atoms with van der Waals surface area (Å²) >= 11 is 3.48. The van der Waals surface area contributed by atoms with Crippen molar-refractivity contribution < 1.29 is 4.74 Å². The van der Waals surface area contributed by atoms with E-state index in [0.717, 1.165) is 16.6 Å². The molecule has 0 aliphatic rings. The first-order valence-electron chi connectivity index (χ1n) is 7.29. The summed E-state index contributed by atoms with van der Waals surface area (Å²) in [7, 11) is 1.69. The largest absolute Gasteiger partial charge is 0.497 e. The Hall–Kier alpha value is -1.32. The molecule has 0 aromatic heterocycles. The summed E-state index contributed by atoms with van der Waals surface area (Å²) in [5.41, 5.74) is 2.59. The van der Waals surface area contributed by atoms with Crippen molar-refractivity contribution in [1.29, 1.82) is 0 Å². The van der Waals surface area contributed by atoms with Gasteiger partial charge in [-0.2, -0.15) is 0 Å². The number of benzene rings is 2. The van der Waals surface area contributed by atoms with Crippen LogP contribution in [0, 0.1) is 0 Å². The summed E-state index contributed by atoms with van der Waals surface area (Å²) < 4.78 is 6.33. The van der Waals surface area contributed by atoms with Gasteiger partial charge in [0.1, 0.15) is 5.75 Å². The fraction of sp³-hybridized carbons (Fsp3) is 0.333. The van der Waals surface area contributed by atoms with E-state index in [0.29, 0.717) is 12.1 Å². The van der Waals surface area contributed by atoms with E-state index >= 15 is 0 Å². The second kappa shape index (κ2) is 7.62. The van der Waals surface area contributed by atoms with Gasteiger partial charge in [-0.1, -0.05) is 47.1 Å². The van der Waals surface area contributed by atoms with Gasteiger partial charge in [0.05, 0.1) is 7.11 Å². The number of hydrogen-bond acceptors (Lipinski definition) is 2. The molecule has 2 aromatic carbocycles. The van der Waals surface area contributed by atoms with Crippen molar-refractivity contribution in [3.05, 3.63) is 64.1 Å². The molecule has 0 aliphatic heterocycles. The Morgan fingerprint density at radius 3 is 2.10 bits per heavy atom. The van der Waals surface area contributed by atoms with Crippen molar-refractivity contribution in [1.82, 2.24) is 5.32 Å². The molecule has 0 saturated carbocycles. The Labute approximate surface area is 135 Å². The van der Waals surface area contributed by atoms with E-state index in [4.69, 9.17) is 4.74 Å². The molecule has 0 aliphatic carbocycles. The van der Waals surface area contributed by atoms with Crippen LogP contribution in [0.4, 0.5) is 0 Å². The van der Waals surface area contributed by atoms with Crippen molar-refractivity contribution in [2.75, 3.05) is 7.11 Å². The zero-order chi connectivity index (χ0) is 15.2. The lowest BCUT2D eigenvalue weighted by Crippen LogP contribution is -2.24. The van der Waals surface area contributed by atoms with E-state index in [1.54, 1.807) is 7.11 Å². The zero-order valence-corrected chi connectivity index (χ0v) is 14.4. The van der Waals surface area contributed by atoms with Gasteiger partial charge in [-0.25, -0.2) is 0 Å². The summed E-state index contributed by atoms with van der Waals surface area (Å²) in [6.07, 6.45) is 1.05. The third-order valence-electron chi connectivity index (χ3n) is 3.75. The van der Waals surface area contributed by atoms with Crippen LogP contribution >= 0.6 is 15.9 Å². The average Bonchev–Trinajstić information content (AvgIpc) is 2.53. The predicted octanol–water partition coefficient (Wildman–Crippen LogP) is 5.26. The average molecular weight is 348 g/mol. The van der Waals surface area contributed by atoms with Gasteiger partial charge in [-0.15, -0.1) is 0 Å². The van der Waals surface area contributed by atoms with Crippen molar-refractivity contribution in [3.63, 3.8) is 0 Å². The van der Waals surface area contributed by atoms with Gasteiger partial charge >= 0.3 is 0 Å². The second-order valence-electron chi connectivity index (χ2n) is 5.17. The first kappa shape index (κ1) is 16.1. The molecule has 0 bridgehead atoms. The molecule has 0 spiro atoms. The van der Waals surface area contributed by atoms with Crippen LogP contribution in [0.2, 0.25) is 0 Å². The lowest BCUT2D eigenvalue weighted by atomic mass is 10.0. The topological polar surface area (TPSA) is 21.3 Å². The highest BCUT2D eigenvalue weighted by atomic mass is 79.9. The number of halogens is 1. The van der Waals surface area contributed by atoms with Crippen LogP contribution < -0.4 is 10.1 Å². The molecule has 0 radical (unpaired) electrons. The molecular weight excluding hydrogens is 326 g/mol. The summed E-state index contributed by atoms with van der Waals surface area (Å²) in [6.45, 7) is 4.41. The van der Waals surface area contributed by atoms with Crippen LogP contribution in [0.5, 0.6) is 5.75 Å². The first-order valence-corrected chi connectivity index (χ1v) is 8.08. The van der Waals surface area contributed by atoms with Gasteiger partial charge in [0, 0.05) is 16.6 Å². The SMILES string of the molecule is CCC(NC(C)c1ccc(Br)cc1)c1ccc(OC)cc1. The molecular formula is C18H22BrNO. The molecule has 112 valence electrons. The summed E-state index contributed by atoms with van der Waals surface area (Å²) in [5, 5.41) is 3.70. The zero-order valence-electron chi connectivity index (χ0n) is 12.8. The Bertz CT molecular complexity index is 550. The Balaban J connectivity index is 2.08. The third kappa shape index (κ3) is 4.32. The maximum atomic E-state index is 5.22. The summed E-state index contributed by atoms with van der Waals surface area (Å²) in [4.78, 5) is 0. The van der Waals surface area contributed by atoms with Gasteiger partial charge < -0.3 is 10.1 Å².